The molecule has 0 aromatic heterocycles. The number of piperidine rings is 1. The average molecular weight is 282 g/mol. The molecule has 1 unspecified atom stereocenters. The smallest absolute Gasteiger partial charge is 0.320 e. The van der Waals surface area contributed by atoms with Crippen molar-refractivity contribution >= 4 is 5.97 Å². The molecule has 116 valence electrons. The zero-order chi connectivity index (χ0) is 14.4. The molecule has 1 aliphatic carbocycles. The number of nitrogens with zero attached hydrogens (tertiary/aromatic N) is 1. The van der Waals surface area contributed by atoms with Crippen LogP contribution < -0.4 is 5.32 Å². The minimum absolute atomic E-state index is 0.377. The number of hydrogen-bond acceptors (Lipinski definition) is 3. The molecule has 0 bridgehead atoms. The van der Waals surface area contributed by atoms with Crippen LogP contribution in [0.25, 0.3) is 0 Å². The highest BCUT2D eigenvalue weighted by Crippen LogP contribution is 2.46. The van der Waals surface area contributed by atoms with E-state index in [1.54, 1.807) is 0 Å². The van der Waals surface area contributed by atoms with E-state index in [4.69, 9.17) is 0 Å². The zero-order valence-corrected chi connectivity index (χ0v) is 12.9. The molecule has 0 aromatic rings. The van der Waals surface area contributed by atoms with Gasteiger partial charge >= 0.3 is 5.97 Å². The zero-order valence-electron chi connectivity index (χ0n) is 12.9. The topological polar surface area (TPSA) is 52.6 Å². The van der Waals surface area contributed by atoms with E-state index in [2.05, 4.69) is 17.1 Å². The van der Waals surface area contributed by atoms with Crippen LogP contribution in [0.4, 0.5) is 0 Å². The van der Waals surface area contributed by atoms with Gasteiger partial charge in [-0.15, -0.1) is 0 Å². The first-order valence-corrected chi connectivity index (χ1v) is 8.34. The van der Waals surface area contributed by atoms with Gasteiger partial charge in [-0.3, -0.25) is 4.79 Å². The lowest BCUT2D eigenvalue weighted by Gasteiger charge is -2.39. The van der Waals surface area contributed by atoms with Gasteiger partial charge in [-0.1, -0.05) is 19.8 Å². The maximum absolute atomic E-state index is 11.2. The van der Waals surface area contributed by atoms with Gasteiger partial charge in [-0.2, -0.15) is 0 Å². The number of aliphatic carboxylic acids is 1. The second-order valence-corrected chi connectivity index (χ2v) is 6.68. The van der Waals surface area contributed by atoms with E-state index < -0.39 is 5.97 Å². The number of hydrogen-bond donors (Lipinski definition) is 2. The van der Waals surface area contributed by atoms with Gasteiger partial charge in [0.2, 0.25) is 0 Å². The molecule has 2 fully saturated rings. The monoisotopic (exact) mass is 282 g/mol. The highest BCUT2D eigenvalue weighted by molar-refractivity contribution is 5.73. The summed E-state index contributed by atoms with van der Waals surface area (Å²) >= 11 is 0. The largest absolute Gasteiger partial charge is 0.480 e. The first kappa shape index (κ1) is 15.8. The van der Waals surface area contributed by atoms with E-state index in [1.165, 1.54) is 51.6 Å². The van der Waals surface area contributed by atoms with Crippen molar-refractivity contribution in [2.45, 2.75) is 64.3 Å². The predicted molar refractivity (Wildman–Crippen MR) is 80.9 cm³/mol. The lowest BCUT2D eigenvalue weighted by Crippen LogP contribution is -2.43. The first-order chi connectivity index (χ1) is 9.65. The van der Waals surface area contributed by atoms with E-state index >= 15 is 0 Å². The molecule has 1 aliphatic heterocycles. The van der Waals surface area contributed by atoms with Gasteiger partial charge in [-0.25, -0.2) is 0 Å². The summed E-state index contributed by atoms with van der Waals surface area (Å²) in [5.41, 5.74) is 0.656. The van der Waals surface area contributed by atoms with Gasteiger partial charge in [0.05, 0.1) is 0 Å². The second-order valence-electron chi connectivity index (χ2n) is 6.68. The normalized spacial score (nSPS) is 24.1. The van der Waals surface area contributed by atoms with Crippen LogP contribution in [0, 0.1) is 5.41 Å². The fourth-order valence-corrected chi connectivity index (χ4v) is 3.82. The van der Waals surface area contributed by atoms with Gasteiger partial charge in [0.25, 0.3) is 0 Å². The average Bonchev–Trinajstić information content (AvgIpc) is 2.89. The summed E-state index contributed by atoms with van der Waals surface area (Å²) in [6.07, 6.45) is 10.1. The van der Waals surface area contributed by atoms with Crippen LogP contribution in [0.2, 0.25) is 0 Å². The van der Waals surface area contributed by atoms with Crippen LogP contribution in [-0.2, 0) is 4.79 Å². The minimum atomic E-state index is -0.706. The number of carboxylic acid groups (broad SMARTS) is 1. The van der Waals surface area contributed by atoms with Crippen LogP contribution in [0.3, 0.4) is 0 Å². The third-order valence-electron chi connectivity index (χ3n) is 5.25. The molecule has 4 nitrogen and oxygen atoms in total. The Morgan fingerprint density at radius 3 is 2.45 bits per heavy atom. The predicted octanol–water partition coefficient (Wildman–Crippen LogP) is 2.49. The molecule has 1 atom stereocenters. The Bertz CT molecular complexity index is 304. The summed E-state index contributed by atoms with van der Waals surface area (Å²) in [5.74, 6) is -0.706. The van der Waals surface area contributed by atoms with Crippen molar-refractivity contribution in [3.63, 3.8) is 0 Å². The summed E-state index contributed by atoms with van der Waals surface area (Å²) < 4.78 is 0. The SMILES string of the molecule is CCCNC(CCN1CCC2(CCCC2)CC1)C(=O)O. The Morgan fingerprint density at radius 1 is 1.25 bits per heavy atom. The lowest BCUT2D eigenvalue weighted by atomic mass is 9.77. The third-order valence-corrected chi connectivity index (χ3v) is 5.25. The molecule has 1 heterocycles. The fraction of sp³-hybridized carbons (Fsp3) is 0.938. The molecule has 1 saturated heterocycles. The number of carboxylic acids is 1. The van der Waals surface area contributed by atoms with Gasteiger partial charge in [-0.05, 0) is 63.6 Å². The summed E-state index contributed by atoms with van der Waals surface area (Å²) in [5, 5.41) is 12.3. The third kappa shape index (κ3) is 4.19. The number of nitrogens with one attached hydrogen (secondary N) is 1. The summed E-state index contributed by atoms with van der Waals surface area (Å²) in [6, 6.07) is -0.377. The Kier molecular flexibility index (Phi) is 5.85. The van der Waals surface area contributed by atoms with Crippen LogP contribution >= 0.6 is 0 Å². The molecule has 1 spiro atoms. The van der Waals surface area contributed by atoms with E-state index in [9.17, 15) is 9.90 Å². The Balaban J connectivity index is 1.70. The molecule has 4 heteroatoms. The van der Waals surface area contributed by atoms with Crippen molar-refractivity contribution < 1.29 is 9.90 Å². The summed E-state index contributed by atoms with van der Waals surface area (Å²) in [7, 11) is 0. The molecule has 0 aromatic carbocycles. The van der Waals surface area contributed by atoms with Gasteiger partial charge in [0.15, 0.2) is 0 Å². The summed E-state index contributed by atoms with van der Waals surface area (Å²) in [4.78, 5) is 13.7. The van der Waals surface area contributed by atoms with Crippen LogP contribution in [0.15, 0.2) is 0 Å². The number of carbonyl (C=O) groups is 1. The Morgan fingerprint density at radius 2 is 1.90 bits per heavy atom. The van der Waals surface area contributed by atoms with Gasteiger partial charge < -0.3 is 15.3 Å². The van der Waals surface area contributed by atoms with Gasteiger partial charge in [0.1, 0.15) is 6.04 Å². The quantitative estimate of drug-likeness (QED) is 0.753. The Hall–Kier alpha value is -0.610. The fourth-order valence-electron chi connectivity index (χ4n) is 3.82. The Labute approximate surface area is 122 Å². The molecule has 20 heavy (non-hydrogen) atoms. The molecule has 0 radical (unpaired) electrons. The highest BCUT2D eigenvalue weighted by Gasteiger charge is 2.36. The molecule has 2 aliphatic rings. The second kappa shape index (κ2) is 7.41. The highest BCUT2D eigenvalue weighted by atomic mass is 16.4. The standard InChI is InChI=1S/C16H30N2O2/c1-2-10-17-14(15(19)20)5-11-18-12-8-16(9-13-18)6-3-4-7-16/h14,17H,2-13H2,1H3,(H,19,20). The van der Waals surface area contributed by atoms with E-state index in [0.29, 0.717) is 5.41 Å². The minimum Gasteiger partial charge on any atom is -0.480 e. The van der Waals surface area contributed by atoms with Gasteiger partial charge in [0, 0.05) is 6.54 Å². The van der Waals surface area contributed by atoms with Crippen molar-refractivity contribution in [3.05, 3.63) is 0 Å². The molecule has 2 N–H and O–H groups in total. The number of rotatable bonds is 7. The molecular weight excluding hydrogens is 252 g/mol. The number of likely N-dealkylation sites (tertiary alicyclic amines) is 1. The lowest BCUT2D eigenvalue weighted by molar-refractivity contribution is -0.139. The van der Waals surface area contributed by atoms with Crippen LogP contribution in [0.1, 0.15) is 58.3 Å². The maximum Gasteiger partial charge on any atom is 0.320 e. The van der Waals surface area contributed by atoms with Crippen molar-refractivity contribution in [2.24, 2.45) is 5.41 Å². The maximum atomic E-state index is 11.2. The molecule has 0 amide bonds. The van der Waals surface area contributed by atoms with Crippen molar-refractivity contribution in [1.29, 1.82) is 0 Å². The summed E-state index contributed by atoms with van der Waals surface area (Å²) in [6.45, 7) is 6.11. The van der Waals surface area contributed by atoms with Crippen molar-refractivity contribution in [1.82, 2.24) is 10.2 Å². The van der Waals surface area contributed by atoms with E-state index in [0.717, 1.165) is 25.9 Å². The van der Waals surface area contributed by atoms with E-state index in [1.807, 2.05) is 0 Å². The molecule has 2 rings (SSSR count). The van der Waals surface area contributed by atoms with Crippen LogP contribution in [0.5, 0.6) is 0 Å². The van der Waals surface area contributed by atoms with Crippen molar-refractivity contribution in [3.8, 4) is 0 Å². The molecule has 1 saturated carbocycles. The van der Waals surface area contributed by atoms with E-state index in [-0.39, 0.29) is 6.04 Å². The van der Waals surface area contributed by atoms with Crippen molar-refractivity contribution in [2.75, 3.05) is 26.2 Å². The van der Waals surface area contributed by atoms with Crippen LogP contribution in [-0.4, -0.2) is 48.2 Å². The first-order valence-electron chi connectivity index (χ1n) is 8.34. The molecular formula is C16H30N2O2.